The van der Waals surface area contributed by atoms with Gasteiger partial charge in [-0.3, -0.25) is 10.1 Å². The zero-order valence-corrected chi connectivity index (χ0v) is 7.00. The summed E-state index contributed by atoms with van der Waals surface area (Å²) in [6.07, 6.45) is 0. The summed E-state index contributed by atoms with van der Waals surface area (Å²) < 4.78 is 9.64. The van der Waals surface area contributed by atoms with Crippen LogP contribution in [0.2, 0.25) is 0 Å². The molecule has 12 heavy (non-hydrogen) atoms. The fraction of sp³-hybridized carbons (Fsp3) is 0.857. The van der Waals surface area contributed by atoms with Gasteiger partial charge in [-0.2, -0.15) is 0 Å². The highest BCUT2D eigenvalue weighted by molar-refractivity contribution is 5.80. The molecule has 1 saturated heterocycles. The van der Waals surface area contributed by atoms with Gasteiger partial charge in [0.1, 0.15) is 0 Å². The van der Waals surface area contributed by atoms with E-state index in [1.54, 1.807) is 7.11 Å². The molecule has 0 bridgehead atoms. The zero-order chi connectivity index (χ0) is 9.03. The monoisotopic (exact) mass is 175 g/mol. The van der Waals surface area contributed by atoms with Crippen molar-refractivity contribution in [1.82, 2.24) is 5.32 Å². The minimum absolute atomic E-state index is 0.242. The number of carboxylic acid groups (broad SMARTS) is 1. The normalized spacial score (nSPS) is 20.1. The van der Waals surface area contributed by atoms with Crippen molar-refractivity contribution in [2.75, 3.05) is 33.5 Å². The SMILES string of the molecule is COCCNC1(C(=O)O)COC1. The number of nitrogens with one attached hydrogen (secondary N) is 1. The molecule has 2 N–H and O–H groups in total. The molecule has 0 saturated carbocycles. The third-order valence-electron chi connectivity index (χ3n) is 1.88. The van der Waals surface area contributed by atoms with E-state index in [9.17, 15) is 4.79 Å². The van der Waals surface area contributed by atoms with Crippen molar-refractivity contribution in [3.05, 3.63) is 0 Å². The Kier molecular flexibility index (Phi) is 3.02. The Hall–Kier alpha value is -0.650. The number of hydrogen-bond acceptors (Lipinski definition) is 4. The lowest BCUT2D eigenvalue weighted by atomic mass is 9.98. The van der Waals surface area contributed by atoms with Gasteiger partial charge in [-0.25, -0.2) is 0 Å². The van der Waals surface area contributed by atoms with E-state index in [-0.39, 0.29) is 13.2 Å². The summed E-state index contributed by atoms with van der Waals surface area (Å²) in [5, 5.41) is 11.7. The maximum absolute atomic E-state index is 10.7. The lowest BCUT2D eigenvalue weighted by molar-refractivity contribution is -0.166. The third-order valence-corrected chi connectivity index (χ3v) is 1.88. The highest BCUT2D eigenvalue weighted by Crippen LogP contribution is 2.16. The first-order valence-electron chi connectivity index (χ1n) is 3.76. The summed E-state index contributed by atoms with van der Waals surface area (Å²) in [7, 11) is 1.58. The van der Waals surface area contributed by atoms with Crippen LogP contribution in [0.5, 0.6) is 0 Å². The summed E-state index contributed by atoms with van der Waals surface area (Å²) in [5.74, 6) is -0.857. The average Bonchev–Trinajstić information content (AvgIpc) is 1.94. The van der Waals surface area contributed by atoms with Gasteiger partial charge in [-0.1, -0.05) is 0 Å². The third kappa shape index (κ3) is 1.74. The number of carbonyl (C=O) groups is 1. The first-order valence-corrected chi connectivity index (χ1v) is 3.76. The smallest absolute Gasteiger partial charge is 0.328 e. The minimum atomic E-state index is -0.863. The molecular weight excluding hydrogens is 162 g/mol. The molecular formula is C7H13NO4. The molecule has 0 aromatic carbocycles. The van der Waals surface area contributed by atoms with Crippen LogP contribution in [0.4, 0.5) is 0 Å². The summed E-state index contributed by atoms with van der Waals surface area (Å²) in [4.78, 5) is 10.7. The van der Waals surface area contributed by atoms with Crippen molar-refractivity contribution in [2.24, 2.45) is 0 Å². The average molecular weight is 175 g/mol. The van der Waals surface area contributed by atoms with Gasteiger partial charge in [0.15, 0.2) is 5.54 Å². The Morgan fingerprint density at radius 1 is 1.75 bits per heavy atom. The van der Waals surface area contributed by atoms with Crippen LogP contribution < -0.4 is 5.32 Å². The van der Waals surface area contributed by atoms with Crippen LogP contribution in [0.25, 0.3) is 0 Å². The van der Waals surface area contributed by atoms with E-state index < -0.39 is 11.5 Å². The van der Waals surface area contributed by atoms with Crippen molar-refractivity contribution >= 4 is 5.97 Å². The van der Waals surface area contributed by atoms with Crippen LogP contribution >= 0.6 is 0 Å². The fourth-order valence-corrected chi connectivity index (χ4v) is 1.000. The molecule has 1 aliphatic rings. The number of rotatable bonds is 5. The highest BCUT2D eigenvalue weighted by atomic mass is 16.5. The van der Waals surface area contributed by atoms with Crippen LogP contribution in [0, 0.1) is 0 Å². The van der Waals surface area contributed by atoms with E-state index in [4.69, 9.17) is 14.6 Å². The Labute approximate surface area is 70.7 Å². The lowest BCUT2D eigenvalue weighted by Gasteiger charge is -2.38. The van der Waals surface area contributed by atoms with Gasteiger partial charge in [0.25, 0.3) is 0 Å². The molecule has 0 radical (unpaired) electrons. The Morgan fingerprint density at radius 2 is 2.42 bits per heavy atom. The van der Waals surface area contributed by atoms with E-state index in [1.807, 2.05) is 0 Å². The van der Waals surface area contributed by atoms with Crippen LogP contribution in [0.1, 0.15) is 0 Å². The standard InChI is InChI=1S/C7H13NO4/c1-11-3-2-8-7(6(9)10)4-12-5-7/h8H,2-5H2,1H3,(H,9,10). The second kappa shape index (κ2) is 3.84. The highest BCUT2D eigenvalue weighted by Gasteiger charge is 2.45. The molecule has 1 heterocycles. The van der Waals surface area contributed by atoms with Gasteiger partial charge in [-0.05, 0) is 0 Å². The molecule has 1 aliphatic heterocycles. The molecule has 0 atom stereocenters. The molecule has 5 nitrogen and oxygen atoms in total. The van der Waals surface area contributed by atoms with Crippen LogP contribution in [-0.4, -0.2) is 50.1 Å². The molecule has 0 aromatic rings. The molecule has 1 rings (SSSR count). The van der Waals surface area contributed by atoms with Gasteiger partial charge < -0.3 is 14.6 Å². The van der Waals surface area contributed by atoms with Gasteiger partial charge in [0.05, 0.1) is 19.8 Å². The van der Waals surface area contributed by atoms with Crippen molar-refractivity contribution in [3.63, 3.8) is 0 Å². The molecule has 0 amide bonds. The Morgan fingerprint density at radius 3 is 2.75 bits per heavy atom. The summed E-state index contributed by atoms with van der Waals surface area (Å²) in [6.45, 7) is 1.53. The van der Waals surface area contributed by atoms with Crippen molar-refractivity contribution in [2.45, 2.75) is 5.54 Å². The predicted molar refractivity (Wildman–Crippen MR) is 41.1 cm³/mol. The molecule has 0 aliphatic carbocycles. The minimum Gasteiger partial charge on any atom is -0.480 e. The van der Waals surface area contributed by atoms with E-state index in [0.717, 1.165) is 0 Å². The van der Waals surface area contributed by atoms with E-state index in [0.29, 0.717) is 13.2 Å². The van der Waals surface area contributed by atoms with Gasteiger partial charge in [0.2, 0.25) is 0 Å². The summed E-state index contributed by atoms with van der Waals surface area (Å²) in [5.41, 5.74) is -0.863. The first kappa shape index (κ1) is 9.44. The summed E-state index contributed by atoms with van der Waals surface area (Å²) in [6, 6.07) is 0. The fourth-order valence-electron chi connectivity index (χ4n) is 1.000. The quantitative estimate of drug-likeness (QED) is 0.529. The van der Waals surface area contributed by atoms with Gasteiger partial charge in [0, 0.05) is 13.7 Å². The predicted octanol–water partition coefficient (Wildman–Crippen LogP) is -0.924. The number of ether oxygens (including phenoxy) is 2. The summed E-state index contributed by atoms with van der Waals surface area (Å²) >= 11 is 0. The van der Waals surface area contributed by atoms with Crippen LogP contribution in [0.15, 0.2) is 0 Å². The molecule has 0 unspecified atom stereocenters. The molecule has 70 valence electrons. The van der Waals surface area contributed by atoms with Crippen LogP contribution in [-0.2, 0) is 14.3 Å². The molecule has 0 spiro atoms. The van der Waals surface area contributed by atoms with E-state index in [1.165, 1.54) is 0 Å². The van der Waals surface area contributed by atoms with E-state index >= 15 is 0 Å². The maximum atomic E-state index is 10.7. The molecule has 0 aromatic heterocycles. The van der Waals surface area contributed by atoms with Crippen molar-refractivity contribution in [1.29, 1.82) is 0 Å². The van der Waals surface area contributed by atoms with E-state index in [2.05, 4.69) is 5.32 Å². The molecule has 5 heteroatoms. The number of hydrogen-bond donors (Lipinski definition) is 2. The number of methoxy groups -OCH3 is 1. The van der Waals surface area contributed by atoms with Crippen molar-refractivity contribution < 1.29 is 19.4 Å². The lowest BCUT2D eigenvalue weighted by Crippen LogP contribution is -2.66. The largest absolute Gasteiger partial charge is 0.480 e. The molecule has 1 fully saturated rings. The number of carboxylic acids is 1. The zero-order valence-electron chi connectivity index (χ0n) is 7.00. The van der Waals surface area contributed by atoms with Crippen molar-refractivity contribution in [3.8, 4) is 0 Å². The maximum Gasteiger partial charge on any atom is 0.328 e. The Balaban J connectivity index is 2.30. The topological polar surface area (TPSA) is 67.8 Å². The first-order chi connectivity index (χ1) is 5.71. The van der Waals surface area contributed by atoms with Crippen LogP contribution in [0.3, 0.4) is 0 Å². The van der Waals surface area contributed by atoms with Gasteiger partial charge >= 0.3 is 5.97 Å². The Bertz CT molecular complexity index is 167. The van der Waals surface area contributed by atoms with Gasteiger partial charge in [-0.15, -0.1) is 0 Å². The second-order valence-electron chi connectivity index (χ2n) is 2.80. The second-order valence-corrected chi connectivity index (χ2v) is 2.80. The number of aliphatic carboxylic acids is 1.